The van der Waals surface area contributed by atoms with Gasteiger partial charge in [-0.3, -0.25) is 9.59 Å². The summed E-state index contributed by atoms with van der Waals surface area (Å²) < 4.78 is 12.9. The van der Waals surface area contributed by atoms with Crippen molar-refractivity contribution in [3.63, 3.8) is 0 Å². The normalized spacial score (nSPS) is 14.4. The van der Waals surface area contributed by atoms with Crippen LogP contribution in [0.2, 0.25) is 0 Å². The maximum absolute atomic E-state index is 14.1. The van der Waals surface area contributed by atoms with Gasteiger partial charge in [0.15, 0.2) is 11.5 Å². The van der Waals surface area contributed by atoms with Crippen molar-refractivity contribution in [1.29, 1.82) is 0 Å². The summed E-state index contributed by atoms with van der Waals surface area (Å²) in [6, 6.07) is 32.3. The Hall–Kier alpha value is -5.21. The molecule has 45 heavy (non-hydrogen) atoms. The highest BCUT2D eigenvalue weighted by Crippen LogP contribution is 2.35. The number of aryl methyl sites for hydroxylation is 1. The fourth-order valence-electron chi connectivity index (χ4n) is 5.25. The van der Waals surface area contributed by atoms with Gasteiger partial charge in [-0.1, -0.05) is 82.7 Å². The highest BCUT2D eigenvalue weighted by atomic mass is 79.9. The molecule has 0 spiro atoms. The van der Waals surface area contributed by atoms with Crippen molar-refractivity contribution in [2.75, 3.05) is 16.4 Å². The molecule has 1 fully saturated rings. The summed E-state index contributed by atoms with van der Waals surface area (Å²) in [6.07, 6.45) is 1.50. The van der Waals surface area contributed by atoms with Gasteiger partial charge in [0.2, 0.25) is 0 Å². The number of carbonyl (C=O) groups excluding carboxylic acids is 3. The van der Waals surface area contributed by atoms with E-state index >= 15 is 0 Å². The third-order valence-electron chi connectivity index (χ3n) is 7.40. The first-order valence-electron chi connectivity index (χ1n) is 14.5. The number of hydrogen-bond acceptors (Lipinski definition) is 5. The zero-order valence-corrected chi connectivity index (χ0v) is 26.3. The van der Waals surface area contributed by atoms with E-state index < -0.39 is 17.8 Å². The van der Waals surface area contributed by atoms with Crippen molar-refractivity contribution < 1.29 is 23.9 Å². The number of halogens is 1. The van der Waals surface area contributed by atoms with Crippen LogP contribution in [0.5, 0.6) is 11.5 Å². The van der Waals surface area contributed by atoms with Crippen LogP contribution in [0.1, 0.15) is 23.6 Å². The molecule has 4 amide bonds. The topological polar surface area (TPSA) is 76.2 Å². The summed E-state index contributed by atoms with van der Waals surface area (Å²) in [4.78, 5) is 44.3. The van der Waals surface area contributed by atoms with Gasteiger partial charge in [0, 0.05) is 9.86 Å². The van der Waals surface area contributed by atoms with E-state index in [0.717, 1.165) is 30.8 Å². The molecule has 224 valence electrons. The van der Waals surface area contributed by atoms with Crippen molar-refractivity contribution in [2.24, 2.45) is 0 Å². The minimum Gasteiger partial charge on any atom is -0.490 e. The number of nitrogens with zero attached hydrogens (tertiary/aromatic N) is 2. The van der Waals surface area contributed by atoms with Crippen LogP contribution in [-0.4, -0.2) is 24.5 Å². The molecule has 0 atom stereocenters. The van der Waals surface area contributed by atoms with Crippen LogP contribution in [0.25, 0.3) is 16.8 Å². The predicted molar refractivity (Wildman–Crippen MR) is 180 cm³/mol. The predicted octanol–water partition coefficient (Wildman–Crippen LogP) is 8.47. The van der Waals surface area contributed by atoms with Crippen LogP contribution < -0.4 is 19.3 Å². The summed E-state index contributed by atoms with van der Waals surface area (Å²) >= 11 is 3.44. The number of hydrogen-bond donors (Lipinski definition) is 0. The molecule has 0 unspecified atom stereocenters. The molecule has 6 rings (SSSR count). The molecule has 5 aromatic rings. The minimum atomic E-state index is -0.740. The number of urea groups is 1. The number of rotatable bonds is 8. The van der Waals surface area contributed by atoms with E-state index in [1.807, 2.05) is 74.5 Å². The molecular formula is C37H29BrN2O5. The Kier molecular flexibility index (Phi) is 8.49. The molecule has 5 aromatic carbocycles. The van der Waals surface area contributed by atoms with E-state index in [4.69, 9.17) is 9.47 Å². The van der Waals surface area contributed by atoms with Crippen LogP contribution in [0.15, 0.2) is 119 Å². The van der Waals surface area contributed by atoms with Crippen LogP contribution in [0.4, 0.5) is 16.2 Å². The number of fused-ring (bicyclic) bond motifs is 1. The summed E-state index contributed by atoms with van der Waals surface area (Å²) in [5, 5.41) is 1.57. The van der Waals surface area contributed by atoms with Crippen LogP contribution in [0.3, 0.4) is 0 Å². The Morgan fingerprint density at radius 3 is 2.24 bits per heavy atom. The van der Waals surface area contributed by atoms with E-state index in [2.05, 4.69) is 15.9 Å². The van der Waals surface area contributed by atoms with Gasteiger partial charge in [0.25, 0.3) is 11.8 Å². The first-order chi connectivity index (χ1) is 21.8. The second-order valence-corrected chi connectivity index (χ2v) is 11.4. The smallest absolute Gasteiger partial charge is 0.343 e. The molecule has 0 aromatic heterocycles. The third-order valence-corrected chi connectivity index (χ3v) is 7.93. The van der Waals surface area contributed by atoms with E-state index in [1.54, 1.807) is 48.5 Å². The zero-order chi connectivity index (χ0) is 31.5. The highest BCUT2D eigenvalue weighted by Gasteiger charge is 2.44. The molecular weight excluding hydrogens is 632 g/mol. The number of carbonyl (C=O) groups is 3. The van der Waals surface area contributed by atoms with Crippen LogP contribution in [-0.2, 0) is 16.2 Å². The Balaban J connectivity index is 1.42. The minimum absolute atomic E-state index is 0.157. The molecule has 0 saturated carbocycles. The lowest BCUT2D eigenvalue weighted by atomic mass is 10.0. The van der Waals surface area contributed by atoms with Crippen molar-refractivity contribution in [1.82, 2.24) is 0 Å². The number of benzene rings is 5. The van der Waals surface area contributed by atoms with Crippen molar-refractivity contribution in [3.05, 3.63) is 136 Å². The van der Waals surface area contributed by atoms with Gasteiger partial charge >= 0.3 is 6.03 Å². The highest BCUT2D eigenvalue weighted by molar-refractivity contribution is 9.10. The van der Waals surface area contributed by atoms with E-state index in [9.17, 15) is 14.4 Å². The Morgan fingerprint density at radius 1 is 0.733 bits per heavy atom. The second-order valence-electron chi connectivity index (χ2n) is 10.5. The van der Waals surface area contributed by atoms with Gasteiger partial charge in [-0.2, -0.15) is 0 Å². The Morgan fingerprint density at radius 2 is 1.47 bits per heavy atom. The number of imide groups is 2. The summed E-state index contributed by atoms with van der Waals surface area (Å²) in [5.74, 6) is -0.422. The van der Waals surface area contributed by atoms with Crippen molar-refractivity contribution in [3.8, 4) is 11.5 Å². The molecule has 1 aliphatic heterocycles. The lowest BCUT2D eigenvalue weighted by molar-refractivity contribution is -0.121. The first kappa shape index (κ1) is 29.8. The largest absolute Gasteiger partial charge is 0.490 e. The Bertz CT molecular complexity index is 1960. The molecule has 7 nitrogen and oxygen atoms in total. The molecule has 0 radical (unpaired) electrons. The lowest BCUT2D eigenvalue weighted by Gasteiger charge is -2.34. The molecule has 0 bridgehead atoms. The molecule has 0 N–H and O–H groups in total. The molecule has 1 heterocycles. The van der Waals surface area contributed by atoms with Gasteiger partial charge in [-0.15, -0.1) is 0 Å². The zero-order valence-electron chi connectivity index (χ0n) is 24.7. The van der Waals surface area contributed by atoms with Gasteiger partial charge in [0.1, 0.15) is 12.2 Å². The monoisotopic (exact) mass is 660 g/mol. The van der Waals surface area contributed by atoms with Crippen LogP contribution >= 0.6 is 15.9 Å². The maximum Gasteiger partial charge on any atom is 0.343 e. The van der Waals surface area contributed by atoms with E-state index in [-0.39, 0.29) is 5.57 Å². The SMILES string of the molecule is CCOc1cc(/C=C2\C(=O)N(c3cccc(C)c3)C(=O)N(c3cccc4ccccc34)C2=O)ccc1OCc1ccc(Br)cc1. The van der Waals surface area contributed by atoms with Gasteiger partial charge in [-0.05, 0) is 84.5 Å². The molecule has 1 saturated heterocycles. The molecule has 1 aliphatic rings. The summed E-state index contributed by atoms with van der Waals surface area (Å²) in [7, 11) is 0. The summed E-state index contributed by atoms with van der Waals surface area (Å²) in [6.45, 7) is 4.46. The van der Waals surface area contributed by atoms with Gasteiger partial charge in [0.05, 0.1) is 18.0 Å². The van der Waals surface area contributed by atoms with Gasteiger partial charge in [-0.25, -0.2) is 14.6 Å². The number of barbiturate groups is 1. The lowest BCUT2D eigenvalue weighted by Crippen LogP contribution is -2.57. The van der Waals surface area contributed by atoms with Gasteiger partial charge < -0.3 is 9.47 Å². The molecule has 8 heteroatoms. The van der Waals surface area contributed by atoms with Crippen molar-refractivity contribution in [2.45, 2.75) is 20.5 Å². The second kappa shape index (κ2) is 12.8. The molecule has 0 aliphatic carbocycles. The number of anilines is 2. The number of amides is 4. The average molecular weight is 662 g/mol. The quantitative estimate of drug-likeness (QED) is 0.123. The third kappa shape index (κ3) is 6.10. The first-order valence-corrected chi connectivity index (χ1v) is 15.3. The van der Waals surface area contributed by atoms with Crippen LogP contribution in [0, 0.1) is 6.92 Å². The van der Waals surface area contributed by atoms with E-state index in [1.165, 1.54) is 6.08 Å². The Labute approximate surface area is 269 Å². The average Bonchev–Trinajstić information content (AvgIpc) is 3.04. The van der Waals surface area contributed by atoms with E-state index in [0.29, 0.717) is 47.0 Å². The summed E-state index contributed by atoms with van der Waals surface area (Å²) in [5.41, 5.74) is 3.01. The number of ether oxygens (including phenoxy) is 2. The fourth-order valence-corrected chi connectivity index (χ4v) is 5.51. The fraction of sp³-hybridized carbons (Fsp3) is 0.108. The van der Waals surface area contributed by atoms with Crippen molar-refractivity contribution >= 4 is 62.0 Å². The standard InChI is InChI=1S/C37H29BrN2O5/c1-3-44-34-22-26(16-19-33(34)45-23-25-14-17-28(38)18-15-25)21-31-35(41)39(29-11-6-8-24(2)20-29)37(43)40(36(31)42)32-13-7-10-27-9-4-5-12-30(27)32/h4-22H,3,23H2,1-2H3/b31-21+. The maximum atomic E-state index is 14.1.